The lowest BCUT2D eigenvalue weighted by Gasteiger charge is -2.17. The second-order valence-corrected chi connectivity index (χ2v) is 10.2. The van der Waals surface area contributed by atoms with E-state index in [2.05, 4.69) is 10.0 Å². The minimum absolute atomic E-state index is 0.0254. The number of nitrogens with one attached hydrogen (secondary N) is 2. The Labute approximate surface area is 201 Å². The van der Waals surface area contributed by atoms with Gasteiger partial charge < -0.3 is 10.1 Å². The molecule has 33 heavy (non-hydrogen) atoms. The molecule has 1 amide bonds. The van der Waals surface area contributed by atoms with Crippen LogP contribution in [0.3, 0.4) is 0 Å². The van der Waals surface area contributed by atoms with E-state index in [9.17, 15) is 18.0 Å². The predicted molar refractivity (Wildman–Crippen MR) is 132 cm³/mol. The van der Waals surface area contributed by atoms with E-state index < -0.39 is 34.5 Å². The molecule has 0 aliphatic heterocycles. The average molecular weight is 507 g/mol. The minimum atomic E-state index is -3.98. The molecule has 0 radical (unpaired) electrons. The van der Waals surface area contributed by atoms with Crippen molar-refractivity contribution >= 4 is 61.7 Å². The predicted octanol–water partition coefficient (Wildman–Crippen LogP) is 4.08. The highest BCUT2D eigenvalue weighted by Crippen LogP contribution is 2.23. The monoisotopic (exact) mass is 506 g/mol. The first-order chi connectivity index (χ1) is 15.8. The van der Waals surface area contributed by atoms with Crippen LogP contribution >= 0.6 is 23.4 Å². The van der Waals surface area contributed by atoms with Crippen molar-refractivity contribution in [1.29, 1.82) is 0 Å². The minimum Gasteiger partial charge on any atom is -0.454 e. The smallest absolute Gasteiger partial charge is 0.324 e. The molecule has 0 aliphatic carbocycles. The fourth-order valence-corrected chi connectivity index (χ4v) is 4.90. The van der Waals surface area contributed by atoms with Crippen LogP contribution in [0.2, 0.25) is 5.02 Å². The second-order valence-electron chi connectivity index (χ2n) is 7.09. The fourth-order valence-electron chi connectivity index (χ4n) is 3.09. The topological polar surface area (TPSA) is 102 Å². The van der Waals surface area contributed by atoms with E-state index in [4.69, 9.17) is 16.3 Å². The summed E-state index contributed by atoms with van der Waals surface area (Å²) in [5.41, 5.74) is 0.594. The van der Waals surface area contributed by atoms with Crippen molar-refractivity contribution in [3.05, 3.63) is 71.8 Å². The lowest BCUT2D eigenvalue weighted by molar-refractivity contribution is -0.149. The van der Waals surface area contributed by atoms with Crippen molar-refractivity contribution in [3.63, 3.8) is 0 Å². The van der Waals surface area contributed by atoms with E-state index in [-0.39, 0.29) is 11.3 Å². The van der Waals surface area contributed by atoms with Crippen LogP contribution in [0, 0.1) is 0 Å². The van der Waals surface area contributed by atoms with E-state index in [0.29, 0.717) is 16.5 Å². The van der Waals surface area contributed by atoms with Gasteiger partial charge in [-0.15, -0.1) is 0 Å². The summed E-state index contributed by atoms with van der Waals surface area (Å²) in [4.78, 5) is 25.0. The number of rotatable bonds is 10. The molecule has 0 saturated heterocycles. The second kappa shape index (κ2) is 11.5. The molecule has 0 aromatic heterocycles. The van der Waals surface area contributed by atoms with Gasteiger partial charge >= 0.3 is 5.97 Å². The Hall–Kier alpha value is -2.59. The van der Waals surface area contributed by atoms with Crippen molar-refractivity contribution in [2.75, 3.05) is 23.9 Å². The van der Waals surface area contributed by atoms with Gasteiger partial charge in [-0.2, -0.15) is 16.5 Å². The summed E-state index contributed by atoms with van der Waals surface area (Å²) in [6, 6.07) is 17.5. The number of carbonyl (C=O) groups excluding carboxylic acids is 2. The number of amides is 1. The van der Waals surface area contributed by atoms with Gasteiger partial charge in [0, 0.05) is 16.1 Å². The molecule has 2 N–H and O–H groups in total. The number of halogens is 1. The number of hydrogen-bond donors (Lipinski definition) is 2. The number of benzene rings is 3. The van der Waals surface area contributed by atoms with E-state index in [1.165, 1.54) is 36.0 Å². The number of thioether (sulfide) groups is 1. The van der Waals surface area contributed by atoms with Crippen LogP contribution in [0.1, 0.15) is 6.42 Å². The first-order valence-corrected chi connectivity index (χ1v) is 13.3. The molecule has 0 spiro atoms. The van der Waals surface area contributed by atoms with Gasteiger partial charge in [-0.1, -0.05) is 48.0 Å². The molecule has 3 rings (SSSR count). The quantitative estimate of drug-likeness (QED) is 0.402. The molecule has 0 aliphatic rings. The molecule has 0 heterocycles. The molecule has 0 unspecified atom stereocenters. The molecule has 0 fully saturated rings. The van der Waals surface area contributed by atoms with Gasteiger partial charge in [0.05, 0.1) is 4.90 Å². The normalized spacial score (nSPS) is 12.3. The zero-order valence-corrected chi connectivity index (χ0v) is 20.2. The summed E-state index contributed by atoms with van der Waals surface area (Å²) in [5.74, 6) is -0.830. The van der Waals surface area contributed by atoms with Crippen molar-refractivity contribution in [2.24, 2.45) is 0 Å². The molecule has 0 bridgehead atoms. The Bertz CT molecular complexity index is 1230. The zero-order valence-electron chi connectivity index (χ0n) is 17.8. The summed E-state index contributed by atoms with van der Waals surface area (Å²) in [7, 11) is -3.98. The third-order valence-corrected chi connectivity index (χ3v) is 7.11. The molecule has 174 valence electrons. The molecule has 7 nitrogen and oxygen atoms in total. The maximum absolute atomic E-state index is 12.7. The van der Waals surface area contributed by atoms with Gasteiger partial charge in [-0.25, -0.2) is 8.42 Å². The Morgan fingerprint density at radius 3 is 2.45 bits per heavy atom. The first-order valence-electron chi connectivity index (χ1n) is 10.0. The number of hydrogen-bond acceptors (Lipinski definition) is 6. The van der Waals surface area contributed by atoms with Crippen LogP contribution in [0.15, 0.2) is 71.6 Å². The molecule has 1 atom stereocenters. The van der Waals surface area contributed by atoms with Crippen molar-refractivity contribution in [3.8, 4) is 0 Å². The van der Waals surface area contributed by atoms with E-state index in [0.717, 1.165) is 10.8 Å². The van der Waals surface area contributed by atoms with Crippen molar-refractivity contribution < 1.29 is 22.7 Å². The largest absolute Gasteiger partial charge is 0.454 e. The fraction of sp³-hybridized carbons (Fsp3) is 0.217. The summed E-state index contributed by atoms with van der Waals surface area (Å²) in [6.45, 7) is -0.541. The average Bonchev–Trinajstić information content (AvgIpc) is 2.80. The number of fused-ring (bicyclic) bond motifs is 1. The standard InChI is InChI=1S/C23H23ClN2O5S2/c1-32-14-13-21(26-33(29,30)18-11-9-17(24)10-12-18)23(28)31-15-22(27)25-20-8-4-6-16-5-2-3-7-19(16)20/h2-12,21,26H,13-15H2,1H3,(H,25,27)/t21-/m1/s1. The molecule has 10 heteroatoms. The molecular formula is C23H23ClN2O5S2. The van der Waals surface area contributed by atoms with Crippen molar-refractivity contribution in [2.45, 2.75) is 17.4 Å². The number of carbonyl (C=O) groups is 2. The number of sulfonamides is 1. The maximum Gasteiger partial charge on any atom is 0.324 e. The van der Waals surface area contributed by atoms with Gasteiger partial charge in [0.1, 0.15) is 6.04 Å². The van der Waals surface area contributed by atoms with Crippen LogP contribution in [0.25, 0.3) is 10.8 Å². The summed E-state index contributed by atoms with van der Waals surface area (Å²) in [5, 5.41) is 4.94. The van der Waals surface area contributed by atoms with Crippen molar-refractivity contribution in [1.82, 2.24) is 4.72 Å². The third-order valence-electron chi connectivity index (χ3n) is 4.73. The lowest BCUT2D eigenvalue weighted by atomic mass is 10.1. The Morgan fingerprint density at radius 1 is 1.03 bits per heavy atom. The summed E-state index contributed by atoms with van der Waals surface area (Å²) in [6.07, 6.45) is 2.05. The Morgan fingerprint density at radius 2 is 1.73 bits per heavy atom. The highest BCUT2D eigenvalue weighted by Gasteiger charge is 2.27. The molecule has 3 aromatic carbocycles. The SMILES string of the molecule is CSCC[C@@H](NS(=O)(=O)c1ccc(Cl)cc1)C(=O)OCC(=O)Nc1cccc2ccccc12. The number of esters is 1. The maximum atomic E-state index is 12.7. The van der Waals surface area contributed by atoms with Crippen LogP contribution in [-0.4, -0.2) is 45.0 Å². The number of ether oxygens (including phenoxy) is 1. The third kappa shape index (κ3) is 6.94. The van der Waals surface area contributed by atoms with Crippen LogP contribution in [-0.2, 0) is 24.3 Å². The summed E-state index contributed by atoms with van der Waals surface area (Å²) >= 11 is 7.28. The zero-order chi connectivity index (χ0) is 23.8. The van der Waals surface area contributed by atoms with Crippen LogP contribution in [0.5, 0.6) is 0 Å². The molecule has 3 aromatic rings. The lowest BCUT2D eigenvalue weighted by Crippen LogP contribution is -2.43. The highest BCUT2D eigenvalue weighted by molar-refractivity contribution is 7.98. The van der Waals surface area contributed by atoms with Gasteiger partial charge in [0.25, 0.3) is 5.91 Å². The van der Waals surface area contributed by atoms with Crippen LogP contribution < -0.4 is 10.0 Å². The summed E-state index contributed by atoms with van der Waals surface area (Å²) < 4.78 is 32.9. The van der Waals surface area contributed by atoms with E-state index >= 15 is 0 Å². The van der Waals surface area contributed by atoms with Gasteiger partial charge in [0.15, 0.2) is 6.61 Å². The van der Waals surface area contributed by atoms with E-state index in [1.54, 1.807) is 6.07 Å². The highest BCUT2D eigenvalue weighted by atomic mass is 35.5. The van der Waals surface area contributed by atoms with Gasteiger partial charge in [-0.3, -0.25) is 9.59 Å². The molecule has 0 saturated carbocycles. The van der Waals surface area contributed by atoms with Gasteiger partial charge in [0.2, 0.25) is 10.0 Å². The number of anilines is 1. The van der Waals surface area contributed by atoms with Crippen LogP contribution in [0.4, 0.5) is 5.69 Å². The van der Waals surface area contributed by atoms with Gasteiger partial charge in [-0.05, 0) is 54.1 Å². The molecular weight excluding hydrogens is 484 g/mol. The Balaban J connectivity index is 1.64. The Kier molecular flexibility index (Phi) is 8.74. The van der Waals surface area contributed by atoms with E-state index in [1.807, 2.05) is 42.7 Å². The first kappa shape index (κ1) is 25.0.